The number of benzene rings is 3. The molecule has 77 heavy (non-hydrogen) atoms. The molecule has 0 spiro atoms. The lowest BCUT2D eigenvalue weighted by Gasteiger charge is -2.21. The zero-order valence-electron chi connectivity index (χ0n) is 45.6. The van der Waals surface area contributed by atoms with Crippen LogP contribution in [-0.4, -0.2) is 118 Å². The number of nitrogens with two attached hydrogens (primary N) is 2. The monoisotopic (exact) mass is 1080 g/mol. The molecule has 2 aromatic heterocycles. The van der Waals surface area contributed by atoms with Crippen LogP contribution in [-0.2, 0) is 16.0 Å². The summed E-state index contributed by atoms with van der Waals surface area (Å²) in [6, 6.07) is 25.3. The molecular weight excluding hydrogens is 1010 g/mol. The van der Waals surface area contributed by atoms with E-state index >= 15 is 0 Å². The van der Waals surface area contributed by atoms with E-state index in [1.165, 1.54) is 9.80 Å². The Bertz CT molecular complexity index is 2630. The summed E-state index contributed by atoms with van der Waals surface area (Å²) < 4.78 is 90.8. The van der Waals surface area contributed by atoms with Crippen LogP contribution in [0.25, 0.3) is 22.3 Å². The molecule has 0 saturated carbocycles. The number of ether oxygens (including phenoxy) is 3. The molecule has 7 rings (SSSR count). The van der Waals surface area contributed by atoms with Crippen molar-refractivity contribution in [1.29, 1.82) is 0 Å². The maximum absolute atomic E-state index is 12.8. The van der Waals surface area contributed by atoms with Gasteiger partial charge in [0.05, 0.1) is 7.11 Å². The fraction of sp³-hybridized carbons (Fsp3) is 0.464. The maximum atomic E-state index is 12.8. The minimum absolute atomic E-state index is 0.0921. The van der Waals surface area contributed by atoms with Gasteiger partial charge in [0, 0.05) is 97.5 Å². The molecule has 0 unspecified atom stereocenters. The van der Waals surface area contributed by atoms with Crippen molar-refractivity contribution < 1.29 is 50.1 Å². The number of halogens is 6. The standard InChI is InChI=1S/C28H32F3N5O2.C20H24F3N5O.2C4H10O/c1-18-4-7-22(33-27(37)36-11-10-20(17-36)15-28(29,30)31)14-24(18)21-12-25(32)34-26(13-21)35(2)16-19-5-8-23(38-3)9-6-19;1-12-3-4-15(9-16(12)14-7-17(24)27-18(8-14)25-2)26-19(29)28-6-5-13(11-28)10-20(21,22)23;2*1-3-5-4-2/h4-9,12-14,20H,10-11,15-17H2,1-3H3,(H2,32,34)(H,33,37);3-4,7-9,13H,5-6,10-11H2,1-2H3,(H,26,29)(H3,24,25,27);2*3-4H2,1-2H3/t20-;13-;;/m00../s1. The van der Waals surface area contributed by atoms with Crippen LogP contribution >= 0.6 is 0 Å². The molecule has 21 heteroatoms. The Morgan fingerprint density at radius 1 is 0.662 bits per heavy atom. The summed E-state index contributed by atoms with van der Waals surface area (Å²) in [6.07, 6.45) is -9.46. The average Bonchev–Trinajstić information content (AvgIpc) is 4.05. The van der Waals surface area contributed by atoms with Crippen molar-refractivity contribution >= 4 is 46.7 Å². The number of pyridine rings is 2. The molecule has 2 fully saturated rings. The summed E-state index contributed by atoms with van der Waals surface area (Å²) in [5, 5.41) is 8.58. The number of nitrogens with zero attached hydrogens (tertiary/aromatic N) is 5. The first kappa shape index (κ1) is 62.5. The molecule has 5 aromatic rings. The zero-order valence-corrected chi connectivity index (χ0v) is 45.6. The number of nitrogens with one attached hydrogen (secondary N) is 3. The summed E-state index contributed by atoms with van der Waals surface area (Å²) in [5.41, 5.74) is 19.6. The number of likely N-dealkylation sites (tertiary alicyclic amines) is 2. The summed E-state index contributed by atoms with van der Waals surface area (Å²) >= 11 is 0. The predicted molar refractivity (Wildman–Crippen MR) is 295 cm³/mol. The van der Waals surface area contributed by atoms with Crippen molar-refractivity contribution in [3.05, 3.63) is 102 Å². The average molecular weight is 1080 g/mol. The van der Waals surface area contributed by atoms with E-state index < -0.39 is 49.1 Å². The number of methoxy groups -OCH3 is 1. The van der Waals surface area contributed by atoms with E-state index in [1.807, 2.05) is 114 Å². The van der Waals surface area contributed by atoms with Gasteiger partial charge in [0.2, 0.25) is 0 Å². The van der Waals surface area contributed by atoms with Crippen LogP contribution in [0.4, 0.5) is 70.6 Å². The van der Waals surface area contributed by atoms with Crippen molar-refractivity contribution in [1.82, 2.24) is 19.8 Å². The third-order valence-corrected chi connectivity index (χ3v) is 12.5. The van der Waals surface area contributed by atoms with E-state index in [9.17, 15) is 35.9 Å². The highest BCUT2D eigenvalue weighted by molar-refractivity contribution is 5.92. The lowest BCUT2D eigenvalue weighted by Crippen LogP contribution is -2.33. The van der Waals surface area contributed by atoms with Crippen LogP contribution in [0.1, 0.15) is 70.1 Å². The lowest BCUT2D eigenvalue weighted by molar-refractivity contribution is -0.144. The van der Waals surface area contributed by atoms with E-state index in [4.69, 9.17) is 25.7 Å². The Labute approximate surface area is 449 Å². The molecule has 2 atom stereocenters. The van der Waals surface area contributed by atoms with E-state index in [0.717, 1.165) is 71.1 Å². The van der Waals surface area contributed by atoms with Crippen molar-refractivity contribution in [3.63, 3.8) is 0 Å². The van der Waals surface area contributed by atoms with E-state index in [-0.39, 0.29) is 13.1 Å². The maximum Gasteiger partial charge on any atom is 0.389 e. The summed E-state index contributed by atoms with van der Waals surface area (Å²) in [7, 11) is 5.31. The molecule has 7 N–H and O–H groups in total. The SMILES string of the molecule is CCOCC.CCOCC.CNc1cc(-c2cc(NC(=O)N3CC[C@@H](CC(F)(F)F)C3)ccc2C)cc(N)n1.COc1ccc(CN(C)c2cc(-c3cc(NC(=O)N4CC[C@@H](CC(F)(F)F)C4)ccc3C)cc(N)n2)cc1. The van der Waals surface area contributed by atoms with E-state index in [2.05, 4.69) is 25.9 Å². The second-order valence-corrected chi connectivity index (χ2v) is 18.6. The highest BCUT2D eigenvalue weighted by atomic mass is 19.4. The van der Waals surface area contributed by atoms with Gasteiger partial charge in [0.15, 0.2) is 0 Å². The molecular formula is C56H76F6N10O5. The third-order valence-electron chi connectivity index (χ3n) is 12.5. The minimum atomic E-state index is -4.23. The number of urea groups is 2. The van der Waals surface area contributed by atoms with Crippen LogP contribution < -0.4 is 37.1 Å². The van der Waals surface area contributed by atoms with Crippen molar-refractivity contribution in [3.8, 4) is 28.0 Å². The Balaban J connectivity index is 0.000000289. The number of amides is 4. The van der Waals surface area contributed by atoms with Crippen LogP contribution in [0, 0.1) is 25.7 Å². The molecule has 15 nitrogen and oxygen atoms in total. The van der Waals surface area contributed by atoms with Crippen molar-refractivity contribution in [2.45, 2.75) is 86.1 Å². The molecule has 0 radical (unpaired) electrons. The second kappa shape index (κ2) is 30.1. The minimum Gasteiger partial charge on any atom is -0.497 e. The Kier molecular flexibility index (Phi) is 24.4. The van der Waals surface area contributed by atoms with Gasteiger partial charge < -0.3 is 56.3 Å². The van der Waals surface area contributed by atoms with Gasteiger partial charge in [-0.15, -0.1) is 0 Å². The van der Waals surface area contributed by atoms with Crippen molar-refractivity contribution in [2.24, 2.45) is 11.8 Å². The topological polar surface area (TPSA) is 185 Å². The van der Waals surface area contributed by atoms with E-state index in [0.29, 0.717) is 67.1 Å². The first-order chi connectivity index (χ1) is 36.5. The fourth-order valence-electron chi connectivity index (χ4n) is 8.67. The molecule has 422 valence electrons. The van der Waals surface area contributed by atoms with Gasteiger partial charge in [-0.2, -0.15) is 26.3 Å². The number of carbonyl (C=O) groups excluding carboxylic acids is 2. The summed E-state index contributed by atoms with van der Waals surface area (Å²) in [5.74, 6) is 1.72. The molecule has 2 aliphatic rings. The molecule has 3 aromatic carbocycles. The number of hydrogen-bond donors (Lipinski definition) is 5. The number of hydrogen-bond acceptors (Lipinski definition) is 11. The number of aryl methyl sites for hydroxylation is 2. The number of aromatic nitrogens is 2. The van der Waals surface area contributed by atoms with Crippen LogP contribution in [0.2, 0.25) is 0 Å². The van der Waals surface area contributed by atoms with Gasteiger partial charge in [-0.05, 0) is 166 Å². The quantitative estimate of drug-likeness (QED) is 0.0628. The number of anilines is 6. The van der Waals surface area contributed by atoms with Gasteiger partial charge in [-0.1, -0.05) is 24.3 Å². The smallest absolute Gasteiger partial charge is 0.389 e. The highest BCUT2D eigenvalue weighted by Crippen LogP contribution is 2.35. The molecule has 4 heterocycles. The van der Waals surface area contributed by atoms with Crippen molar-refractivity contribution in [2.75, 3.05) is 106 Å². The number of alkyl halides is 6. The number of nitrogen functional groups attached to an aromatic ring is 2. The zero-order chi connectivity index (χ0) is 56.9. The normalized spacial score (nSPS) is 15.0. The van der Waals surface area contributed by atoms with Gasteiger partial charge in [0.1, 0.15) is 29.0 Å². The summed E-state index contributed by atoms with van der Waals surface area (Å²) in [6.45, 7) is 16.7. The Morgan fingerprint density at radius 3 is 1.51 bits per heavy atom. The van der Waals surface area contributed by atoms with E-state index in [1.54, 1.807) is 38.4 Å². The van der Waals surface area contributed by atoms with Crippen LogP contribution in [0.15, 0.2) is 84.9 Å². The third kappa shape index (κ3) is 21.2. The molecule has 0 aliphatic carbocycles. The van der Waals surface area contributed by atoms with Crippen LogP contribution in [0.5, 0.6) is 5.75 Å². The largest absolute Gasteiger partial charge is 0.497 e. The second-order valence-electron chi connectivity index (χ2n) is 18.6. The van der Waals surface area contributed by atoms with Crippen LogP contribution in [0.3, 0.4) is 0 Å². The van der Waals surface area contributed by atoms with Gasteiger partial charge in [0.25, 0.3) is 0 Å². The first-order valence-corrected chi connectivity index (χ1v) is 25.7. The Hall–Kier alpha value is -7.00. The molecule has 4 amide bonds. The first-order valence-electron chi connectivity index (χ1n) is 25.7. The predicted octanol–water partition coefficient (Wildman–Crippen LogP) is 12.7. The number of rotatable bonds is 15. The fourth-order valence-corrected chi connectivity index (χ4v) is 8.67. The highest BCUT2D eigenvalue weighted by Gasteiger charge is 2.38. The molecule has 2 aliphatic heterocycles. The van der Waals surface area contributed by atoms with Gasteiger partial charge >= 0.3 is 24.4 Å². The molecule has 0 bridgehead atoms. The Morgan fingerprint density at radius 2 is 1.10 bits per heavy atom. The summed E-state index contributed by atoms with van der Waals surface area (Å²) in [4.78, 5) is 38.8. The lowest BCUT2D eigenvalue weighted by atomic mass is 10.00. The number of carbonyl (C=O) groups is 2. The van der Waals surface area contributed by atoms with Gasteiger partial charge in [-0.3, -0.25) is 0 Å². The van der Waals surface area contributed by atoms with Gasteiger partial charge in [-0.25, -0.2) is 19.6 Å². The molecule has 2 saturated heterocycles.